The van der Waals surface area contributed by atoms with Crippen molar-refractivity contribution >= 4 is 46.3 Å². The maximum atomic E-state index is 12.6. The number of ether oxygens (including phenoxy) is 1. The van der Waals surface area contributed by atoms with E-state index in [1.54, 1.807) is 19.2 Å². The summed E-state index contributed by atoms with van der Waals surface area (Å²) in [5.74, 6) is 0.914. The average molecular weight is 405 g/mol. The molecule has 6 nitrogen and oxygen atoms in total. The van der Waals surface area contributed by atoms with Gasteiger partial charge in [0.1, 0.15) is 5.75 Å². The molecule has 1 aliphatic heterocycles. The van der Waals surface area contributed by atoms with Crippen molar-refractivity contribution in [1.82, 2.24) is 0 Å². The van der Waals surface area contributed by atoms with Gasteiger partial charge in [-0.25, -0.2) is 0 Å². The molecule has 7 heteroatoms. The van der Waals surface area contributed by atoms with Crippen LogP contribution in [0.15, 0.2) is 71.6 Å². The Bertz CT molecular complexity index is 1050. The van der Waals surface area contributed by atoms with Crippen LogP contribution in [0.5, 0.6) is 5.75 Å². The van der Waals surface area contributed by atoms with E-state index in [2.05, 4.69) is 16.0 Å². The third-order valence-corrected chi connectivity index (χ3v) is 5.47. The molecule has 0 saturated carbocycles. The highest BCUT2D eigenvalue weighted by molar-refractivity contribution is 8.00. The number of rotatable bonds is 5. The maximum absolute atomic E-state index is 12.6. The molecule has 1 aliphatic rings. The van der Waals surface area contributed by atoms with E-state index >= 15 is 0 Å². The predicted molar refractivity (Wildman–Crippen MR) is 116 cm³/mol. The van der Waals surface area contributed by atoms with Crippen LogP contribution in [-0.4, -0.2) is 24.7 Å². The third kappa shape index (κ3) is 4.52. The lowest BCUT2D eigenvalue weighted by molar-refractivity contribution is -0.113. The SMILES string of the molecule is COc1ccc(Nc2ccc(NC(=O)c3ccc4c(c3)NC(=O)CS4)cc2)cc1. The quantitative estimate of drug-likeness (QED) is 0.572. The molecule has 2 amide bonds. The second-order valence-electron chi connectivity index (χ2n) is 6.43. The summed E-state index contributed by atoms with van der Waals surface area (Å²) >= 11 is 1.47. The summed E-state index contributed by atoms with van der Waals surface area (Å²) in [6, 6.07) is 20.4. The van der Waals surface area contributed by atoms with Crippen LogP contribution in [0.25, 0.3) is 0 Å². The van der Waals surface area contributed by atoms with E-state index in [4.69, 9.17) is 4.74 Å². The first-order chi connectivity index (χ1) is 14.1. The number of hydrogen-bond donors (Lipinski definition) is 3. The number of carbonyl (C=O) groups is 2. The summed E-state index contributed by atoms with van der Waals surface area (Å²) in [6.45, 7) is 0. The van der Waals surface area contributed by atoms with Crippen LogP contribution in [0.3, 0.4) is 0 Å². The molecule has 3 N–H and O–H groups in total. The average Bonchev–Trinajstić information content (AvgIpc) is 2.75. The molecule has 0 saturated heterocycles. The smallest absolute Gasteiger partial charge is 0.255 e. The van der Waals surface area contributed by atoms with Crippen molar-refractivity contribution in [3.05, 3.63) is 72.3 Å². The number of hydrogen-bond acceptors (Lipinski definition) is 5. The van der Waals surface area contributed by atoms with E-state index in [1.807, 2.05) is 54.6 Å². The van der Waals surface area contributed by atoms with Gasteiger partial charge in [0.25, 0.3) is 5.91 Å². The van der Waals surface area contributed by atoms with E-state index in [0.29, 0.717) is 22.7 Å². The Hall–Kier alpha value is -3.45. The minimum absolute atomic E-state index is 0.0555. The molecule has 0 radical (unpaired) electrons. The predicted octanol–water partition coefficient (Wildman–Crippen LogP) is 4.74. The molecule has 0 spiro atoms. The maximum Gasteiger partial charge on any atom is 0.255 e. The zero-order valence-electron chi connectivity index (χ0n) is 15.7. The van der Waals surface area contributed by atoms with Gasteiger partial charge in [-0.2, -0.15) is 0 Å². The first kappa shape index (κ1) is 18.9. The molecule has 0 fully saturated rings. The van der Waals surface area contributed by atoms with Gasteiger partial charge >= 0.3 is 0 Å². The molecule has 0 aliphatic carbocycles. The van der Waals surface area contributed by atoms with Gasteiger partial charge in [0, 0.05) is 27.5 Å². The first-order valence-electron chi connectivity index (χ1n) is 9.00. The van der Waals surface area contributed by atoms with E-state index in [1.165, 1.54) is 11.8 Å². The van der Waals surface area contributed by atoms with E-state index < -0.39 is 0 Å². The zero-order valence-corrected chi connectivity index (χ0v) is 16.5. The van der Waals surface area contributed by atoms with Gasteiger partial charge in [0.15, 0.2) is 0 Å². The van der Waals surface area contributed by atoms with Crippen LogP contribution < -0.4 is 20.7 Å². The van der Waals surface area contributed by atoms with Crippen LogP contribution in [0.4, 0.5) is 22.7 Å². The number of benzene rings is 3. The number of carbonyl (C=O) groups excluding carboxylic acids is 2. The van der Waals surface area contributed by atoms with Gasteiger partial charge in [0.05, 0.1) is 18.6 Å². The summed E-state index contributed by atoms with van der Waals surface area (Å²) < 4.78 is 5.15. The molecule has 0 atom stereocenters. The standard InChI is InChI=1S/C22H19N3O3S/c1-28-18-9-7-16(8-10-18)23-15-3-5-17(6-4-15)24-22(27)14-2-11-20-19(12-14)25-21(26)13-29-20/h2-12,23H,13H2,1H3,(H,24,27)(H,25,26). The Morgan fingerprint density at radius 3 is 2.31 bits per heavy atom. The Kier molecular flexibility index (Phi) is 5.39. The highest BCUT2D eigenvalue weighted by Crippen LogP contribution is 2.32. The molecule has 0 unspecified atom stereocenters. The van der Waals surface area contributed by atoms with Gasteiger partial charge in [-0.05, 0) is 66.7 Å². The molecular weight excluding hydrogens is 386 g/mol. The van der Waals surface area contributed by atoms with Crippen molar-refractivity contribution in [3.63, 3.8) is 0 Å². The molecule has 1 heterocycles. The van der Waals surface area contributed by atoms with E-state index in [-0.39, 0.29) is 11.8 Å². The van der Waals surface area contributed by atoms with Gasteiger partial charge in [-0.1, -0.05) is 0 Å². The molecule has 0 aromatic heterocycles. The lowest BCUT2D eigenvalue weighted by Crippen LogP contribution is -2.19. The fourth-order valence-electron chi connectivity index (χ4n) is 2.91. The Labute approximate surface area is 172 Å². The highest BCUT2D eigenvalue weighted by atomic mass is 32.2. The van der Waals surface area contributed by atoms with Crippen LogP contribution in [0.1, 0.15) is 10.4 Å². The normalized spacial score (nSPS) is 12.5. The van der Waals surface area contributed by atoms with Crippen LogP contribution in [0, 0.1) is 0 Å². The molecule has 4 rings (SSSR count). The fourth-order valence-corrected chi connectivity index (χ4v) is 3.69. The Balaban J connectivity index is 1.41. The van der Waals surface area contributed by atoms with Crippen molar-refractivity contribution < 1.29 is 14.3 Å². The van der Waals surface area contributed by atoms with Crippen molar-refractivity contribution in [2.24, 2.45) is 0 Å². The van der Waals surface area contributed by atoms with Gasteiger partial charge < -0.3 is 20.7 Å². The molecule has 29 heavy (non-hydrogen) atoms. The minimum atomic E-state index is -0.228. The molecule has 146 valence electrons. The number of fused-ring (bicyclic) bond motifs is 1. The summed E-state index contributed by atoms with van der Waals surface area (Å²) in [6.07, 6.45) is 0. The number of amides is 2. The summed E-state index contributed by atoms with van der Waals surface area (Å²) in [7, 11) is 1.63. The summed E-state index contributed by atoms with van der Waals surface area (Å²) in [4.78, 5) is 25.1. The number of anilines is 4. The van der Waals surface area contributed by atoms with Crippen molar-refractivity contribution in [3.8, 4) is 5.75 Å². The van der Waals surface area contributed by atoms with Gasteiger partial charge in [-0.3, -0.25) is 9.59 Å². The fraction of sp³-hybridized carbons (Fsp3) is 0.0909. The topological polar surface area (TPSA) is 79.5 Å². The Morgan fingerprint density at radius 1 is 0.966 bits per heavy atom. The highest BCUT2D eigenvalue weighted by Gasteiger charge is 2.17. The van der Waals surface area contributed by atoms with Gasteiger partial charge in [0.2, 0.25) is 5.91 Å². The van der Waals surface area contributed by atoms with E-state index in [9.17, 15) is 9.59 Å². The van der Waals surface area contributed by atoms with Crippen molar-refractivity contribution in [2.45, 2.75) is 4.90 Å². The van der Waals surface area contributed by atoms with Crippen LogP contribution in [0.2, 0.25) is 0 Å². The monoisotopic (exact) mass is 405 g/mol. The molecule has 3 aromatic rings. The first-order valence-corrected chi connectivity index (χ1v) is 9.98. The Morgan fingerprint density at radius 2 is 1.62 bits per heavy atom. The lowest BCUT2D eigenvalue weighted by atomic mass is 10.1. The number of thioether (sulfide) groups is 1. The molecule has 0 bridgehead atoms. The summed E-state index contributed by atoms with van der Waals surface area (Å²) in [5, 5.41) is 8.98. The third-order valence-electron chi connectivity index (χ3n) is 4.40. The minimum Gasteiger partial charge on any atom is -0.497 e. The zero-order chi connectivity index (χ0) is 20.2. The van der Waals surface area contributed by atoms with Crippen molar-refractivity contribution in [1.29, 1.82) is 0 Å². The summed E-state index contributed by atoms with van der Waals surface area (Å²) in [5.41, 5.74) is 3.70. The second kappa shape index (κ2) is 8.28. The number of methoxy groups -OCH3 is 1. The number of nitrogens with one attached hydrogen (secondary N) is 3. The molecule has 3 aromatic carbocycles. The van der Waals surface area contributed by atoms with E-state index in [0.717, 1.165) is 22.0 Å². The largest absolute Gasteiger partial charge is 0.497 e. The van der Waals surface area contributed by atoms with Crippen molar-refractivity contribution in [2.75, 3.05) is 28.8 Å². The van der Waals surface area contributed by atoms with Gasteiger partial charge in [-0.15, -0.1) is 11.8 Å². The van der Waals surface area contributed by atoms with Crippen LogP contribution in [-0.2, 0) is 4.79 Å². The second-order valence-corrected chi connectivity index (χ2v) is 7.45. The van der Waals surface area contributed by atoms with Crippen LogP contribution >= 0.6 is 11.8 Å². The lowest BCUT2D eigenvalue weighted by Gasteiger charge is -2.17. The molecular formula is C22H19N3O3S.